The Hall–Kier alpha value is -2.68. The maximum absolute atomic E-state index is 13.5. The highest BCUT2D eigenvalue weighted by atomic mass is 28.3. The highest BCUT2D eigenvalue weighted by molar-refractivity contribution is 6.92. The summed E-state index contributed by atoms with van der Waals surface area (Å²) in [5, 5.41) is 1.21. The summed E-state index contributed by atoms with van der Waals surface area (Å²) >= 11 is 0. The number of benzene rings is 1. The van der Waals surface area contributed by atoms with Crippen LogP contribution in [0.2, 0.25) is 18.1 Å². The second-order valence-corrected chi connectivity index (χ2v) is 15.8. The number of carbonyl (C=O) groups excluding carboxylic acids is 4. The molecule has 0 unspecified atom stereocenters. The van der Waals surface area contributed by atoms with Gasteiger partial charge in [-0.25, -0.2) is 0 Å². The smallest absolute Gasteiger partial charge is 0.324 e. The highest BCUT2D eigenvalue weighted by Crippen LogP contribution is 2.48. The first-order valence-electron chi connectivity index (χ1n) is 14.5. The van der Waals surface area contributed by atoms with E-state index in [4.69, 9.17) is 18.9 Å². The first-order chi connectivity index (χ1) is 18.6. The molecule has 8 nitrogen and oxygen atoms in total. The molecule has 2 aliphatic rings. The van der Waals surface area contributed by atoms with E-state index in [9.17, 15) is 19.2 Å². The van der Waals surface area contributed by atoms with Crippen LogP contribution in [0.4, 0.5) is 0 Å². The maximum Gasteiger partial charge on any atom is 0.324 e. The minimum Gasteiger partial charge on any atom is -0.465 e. The first kappa shape index (κ1) is 30.9. The fourth-order valence-electron chi connectivity index (χ4n) is 6.65. The fourth-order valence-corrected chi connectivity index (χ4v) is 10.7. The standard InChI is InChI=1S/C30H44O8Si/c1-8-35-25(31)29(26(32)36-9-2)16-20-15-24(39(12-5,13-6)14-7)23-19-30(27(33)37-10-3,28(34)38-11-4)18-22(23)21(20)17-29/h15H,8-14,16-19H2,1-7H3. The van der Waals surface area contributed by atoms with Gasteiger partial charge in [0.25, 0.3) is 0 Å². The minimum absolute atomic E-state index is 0.114. The Balaban J connectivity index is 2.31. The maximum atomic E-state index is 13.5. The van der Waals surface area contributed by atoms with Crippen molar-refractivity contribution in [2.75, 3.05) is 26.4 Å². The summed E-state index contributed by atoms with van der Waals surface area (Å²) in [5.74, 6) is -2.37. The number of carbonyl (C=O) groups is 4. The van der Waals surface area contributed by atoms with Gasteiger partial charge in [-0.15, -0.1) is 0 Å². The molecule has 216 valence electrons. The molecule has 9 heteroatoms. The van der Waals surface area contributed by atoms with Crippen LogP contribution in [0.15, 0.2) is 6.07 Å². The molecule has 0 fully saturated rings. The van der Waals surface area contributed by atoms with Crippen molar-refractivity contribution in [1.29, 1.82) is 0 Å². The van der Waals surface area contributed by atoms with E-state index in [0.29, 0.717) is 0 Å². The molecule has 0 N–H and O–H groups in total. The molecule has 0 saturated heterocycles. The van der Waals surface area contributed by atoms with E-state index in [0.717, 1.165) is 40.4 Å². The van der Waals surface area contributed by atoms with Crippen LogP contribution in [0.5, 0.6) is 0 Å². The second kappa shape index (κ2) is 12.2. The summed E-state index contributed by atoms with van der Waals surface area (Å²) < 4.78 is 21.7. The van der Waals surface area contributed by atoms with Crippen LogP contribution in [0, 0.1) is 10.8 Å². The van der Waals surface area contributed by atoms with Gasteiger partial charge >= 0.3 is 23.9 Å². The van der Waals surface area contributed by atoms with Crippen LogP contribution < -0.4 is 5.19 Å². The van der Waals surface area contributed by atoms with Crippen molar-refractivity contribution in [2.45, 2.75) is 92.3 Å². The van der Waals surface area contributed by atoms with Crippen molar-refractivity contribution >= 4 is 37.1 Å². The van der Waals surface area contributed by atoms with E-state index in [1.54, 1.807) is 27.7 Å². The van der Waals surface area contributed by atoms with Gasteiger partial charge in [-0.3, -0.25) is 19.2 Å². The molecule has 0 atom stereocenters. The van der Waals surface area contributed by atoms with Gasteiger partial charge in [0.1, 0.15) is 0 Å². The van der Waals surface area contributed by atoms with Gasteiger partial charge in [-0.2, -0.15) is 0 Å². The Morgan fingerprint density at radius 2 is 0.949 bits per heavy atom. The predicted octanol–water partition coefficient (Wildman–Crippen LogP) is 3.82. The Morgan fingerprint density at radius 1 is 0.590 bits per heavy atom. The molecule has 0 aromatic heterocycles. The lowest BCUT2D eigenvalue weighted by molar-refractivity contribution is -0.173. The molecular formula is C30H44O8Si. The molecule has 3 rings (SSSR count). The van der Waals surface area contributed by atoms with E-state index in [2.05, 4.69) is 26.8 Å². The van der Waals surface area contributed by atoms with Crippen LogP contribution in [-0.2, 0) is 63.8 Å². The lowest BCUT2D eigenvalue weighted by Crippen LogP contribution is -2.49. The van der Waals surface area contributed by atoms with Gasteiger partial charge in [0.15, 0.2) is 10.8 Å². The lowest BCUT2D eigenvalue weighted by atomic mass is 9.83. The lowest BCUT2D eigenvalue weighted by Gasteiger charge is -2.32. The summed E-state index contributed by atoms with van der Waals surface area (Å²) in [5.41, 5.74) is 0.639. The zero-order valence-corrected chi connectivity index (χ0v) is 25.6. The van der Waals surface area contributed by atoms with E-state index < -0.39 is 42.8 Å². The van der Waals surface area contributed by atoms with E-state index in [-0.39, 0.29) is 52.1 Å². The SMILES string of the molecule is CCOC(=O)C1(C(=O)OCC)Cc2cc([Si](CC)(CC)CC)c3c(c2C1)CC(C(=O)OCC)(C(=O)OCC)C3. The van der Waals surface area contributed by atoms with Crippen molar-refractivity contribution in [3.8, 4) is 0 Å². The third-order valence-electron chi connectivity index (χ3n) is 8.95. The van der Waals surface area contributed by atoms with Gasteiger partial charge in [0, 0.05) is 12.8 Å². The summed E-state index contributed by atoms with van der Waals surface area (Å²) in [4.78, 5) is 53.7. The van der Waals surface area contributed by atoms with E-state index in [1.807, 2.05) is 0 Å². The quantitative estimate of drug-likeness (QED) is 0.164. The van der Waals surface area contributed by atoms with E-state index >= 15 is 0 Å². The van der Waals surface area contributed by atoms with Gasteiger partial charge in [-0.1, -0.05) is 50.2 Å². The second-order valence-electron chi connectivity index (χ2n) is 10.6. The van der Waals surface area contributed by atoms with Crippen molar-refractivity contribution < 1.29 is 38.1 Å². The van der Waals surface area contributed by atoms with Gasteiger partial charge in [-0.05, 0) is 62.8 Å². The molecular weight excluding hydrogens is 516 g/mol. The number of hydrogen-bond acceptors (Lipinski definition) is 8. The molecule has 0 aliphatic heterocycles. The molecule has 1 aromatic carbocycles. The van der Waals surface area contributed by atoms with Crippen LogP contribution in [-0.4, -0.2) is 58.4 Å². The van der Waals surface area contributed by atoms with Crippen molar-refractivity contribution in [3.05, 3.63) is 28.3 Å². The topological polar surface area (TPSA) is 105 Å². The fraction of sp³-hybridized carbons (Fsp3) is 0.667. The average Bonchev–Trinajstić information content (AvgIpc) is 3.52. The van der Waals surface area contributed by atoms with Crippen LogP contribution in [0.3, 0.4) is 0 Å². The molecule has 0 saturated carbocycles. The van der Waals surface area contributed by atoms with Crippen LogP contribution in [0.1, 0.15) is 70.7 Å². The average molecular weight is 561 g/mol. The van der Waals surface area contributed by atoms with E-state index in [1.165, 1.54) is 5.19 Å². The molecule has 2 aliphatic carbocycles. The Morgan fingerprint density at radius 3 is 1.33 bits per heavy atom. The number of hydrogen-bond donors (Lipinski definition) is 0. The Kier molecular flexibility index (Phi) is 9.67. The van der Waals surface area contributed by atoms with Crippen molar-refractivity contribution in [1.82, 2.24) is 0 Å². The van der Waals surface area contributed by atoms with Gasteiger partial charge < -0.3 is 18.9 Å². The molecule has 0 radical (unpaired) electrons. The largest absolute Gasteiger partial charge is 0.465 e. The predicted molar refractivity (Wildman–Crippen MR) is 149 cm³/mol. The van der Waals surface area contributed by atoms with Gasteiger partial charge in [0.2, 0.25) is 0 Å². The van der Waals surface area contributed by atoms with Crippen molar-refractivity contribution in [3.63, 3.8) is 0 Å². The number of rotatable bonds is 12. The molecule has 0 spiro atoms. The monoisotopic (exact) mass is 560 g/mol. The summed E-state index contributed by atoms with van der Waals surface area (Å²) in [6, 6.07) is 5.16. The van der Waals surface area contributed by atoms with Crippen LogP contribution >= 0.6 is 0 Å². The molecule has 1 aromatic rings. The third-order valence-corrected chi connectivity index (χ3v) is 14.6. The zero-order chi connectivity index (χ0) is 29.0. The van der Waals surface area contributed by atoms with Crippen molar-refractivity contribution in [2.24, 2.45) is 10.8 Å². The zero-order valence-electron chi connectivity index (χ0n) is 24.6. The summed E-state index contributed by atoms with van der Waals surface area (Å²) in [7, 11) is -2.03. The Bertz CT molecular complexity index is 1080. The molecule has 0 amide bonds. The summed E-state index contributed by atoms with van der Waals surface area (Å²) in [6.07, 6.45) is 0.611. The summed E-state index contributed by atoms with van der Waals surface area (Å²) in [6.45, 7) is 14.1. The number of fused-ring (bicyclic) bond motifs is 3. The normalized spacial score (nSPS) is 16.7. The molecule has 0 bridgehead atoms. The van der Waals surface area contributed by atoms with Crippen LogP contribution in [0.25, 0.3) is 0 Å². The number of ether oxygens (including phenoxy) is 4. The van der Waals surface area contributed by atoms with Gasteiger partial charge in [0.05, 0.1) is 34.5 Å². The first-order valence-corrected chi connectivity index (χ1v) is 17.1. The minimum atomic E-state index is -2.03. The third kappa shape index (κ3) is 5.03. The Labute approximate surface area is 233 Å². The highest BCUT2D eigenvalue weighted by Gasteiger charge is 2.59. The molecule has 0 heterocycles. The number of esters is 4. The molecule has 39 heavy (non-hydrogen) atoms.